The molecule has 0 radical (unpaired) electrons. The first-order valence-electron chi connectivity index (χ1n) is 9.93. The fourth-order valence-corrected chi connectivity index (χ4v) is 3.80. The summed E-state index contributed by atoms with van der Waals surface area (Å²) in [6.45, 7) is 1.76. The first-order valence-corrected chi connectivity index (χ1v) is 9.93. The summed E-state index contributed by atoms with van der Waals surface area (Å²) >= 11 is 0. The van der Waals surface area contributed by atoms with Gasteiger partial charge in [0, 0.05) is 6.07 Å². The maximum atomic E-state index is 14.0. The minimum Gasteiger partial charge on any atom is -0.368 e. The Hall–Kier alpha value is -4.15. The van der Waals surface area contributed by atoms with E-state index in [1.807, 2.05) is 6.08 Å². The molecule has 5 rings (SSSR count). The van der Waals surface area contributed by atoms with Crippen LogP contribution in [0, 0.1) is 11.6 Å². The highest BCUT2D eigenvalue weighted by atomic mass is 19.1. The summed E-state index contributed by atoms with van der Waals surface area (Å²) < 4.78 is 29.2. The normalized spacial score (nSPS) is 13.8. The molecule has 3 aromatic heterocycles. The van der Waals surface area contributed by atoms with E-state index in [0.29, 0.717) is 34.0 Å². The summed E-state index contributed by atoms with van der Waals surface area (Å²) in [6.07, 6.45) is 6.56. The number of imidazole rings is 1. The van der Waals surface area contributed by atoms with Gasteiger partial charge in [0.25, 0.3) is 5.56 Å². The van der Waals surface area contributed by atoms with E-state index in [0.717, 1.165) is 24.6 Å². The molecule has 162 valence electrons. The van der Waals surface area contributed by atoms with Gasteiger partial charge in [-0.25, -0.2) is 18.7 Å². The number of anilines is 2. The molecule has 11 heteroatoms. The first kappa shape index (κ1) is 19.8. The van der Waals surface area contributed by atoms with Crippen molar-refractivity contribution >= 4 is 35.1 Å². The number of hydrogen-bond donors (Lipinski definition) is 3. The molecule has 0 bridgehead atoms. The molecule has 4 N–H and O–H groups in total. The fourth-order valence-electron chi connectivity index (χ4n) is 3.80. The Balaban J connectivity index is 1.71. The van der Waals surface area contributed by atoms with Crippen LogP contribution in [0.2, 0.25) is 0 Å². The Morgan fingerprint density at radius 3 is 2.66 bits per heavy atom. The molecule has 1 aliphatic carbocycles. The summed E-state index contributed by atoms with van der Waals surface area (Å²) in [6, 6.07) is 2.34. The van der Waals surface area contributed by atoms with Gasteiger partial charge in [0.1, 0.15) is 23.0 Å². The van der Waals surface area contributed by atoms with E-state index in [-0.39, 0.29) is 17.5 Å². The van der Waals surface area contributed by atoms with Gasteiger partial charge in [-0.3, -0.25) is 9.36 Å². The standard InChI is InChI=1S/C21H18F2N8O/c1-10(27-18-16-17(26-9-25-16)29-21(24)30-18)19-28-15-5-3-2-4-14(15)20(32)31(19)13-7-11(22)6-12(23)8-13/h4-10H,2-3H2,1H3,(H4,24,25,26,27,29,30). The number of hydrogen-bond acceptors (Lipinski definition) is 7. The number of nitrogens with one attached hydrogen (secondary N) is 2. The van der Waals surface area contributed by atoms with Crippen molar-refractivity contribution in [1.82, 2.24) is 29.5 Å². The lowest BCUT2D eigenvalue weighted by Gasteiger charge is -2.20. The van der Waals surface area contributed by atoms with E-state index >= 15 is 0 Å². The lowest BCUT2D eigenvalue weighted by atomic mass is 10.1. The molecule has 4 aromatic rings. The molecule has 0 spiro atoms. The Labute approximate surface area is 179 Å². The van der Waals surface area contributed by atoms with Crippen LogP contribution in [0.5, 0.6) is 0 Å². The third-order valence-electron chi connectivity index (χ3n) is 5.18. The number of aromatic nitrogens is 6. The van der Waals surface area contributed by atoms with Crippen molar-refractivity contribution in [2.24, 2.45) is 0 Å². The van der Waals surface area contributed by atoms with Gasteiger partial charge in [0.05, 0.1) is 28.6 Å². The van der Waals surface area contributed by atoms with Gasteiger partial charge in [-0.15, -0.1) is 0 Å². The summed E-state index contributed by atoms with van der Waals surface area (Å²) in [7, 11) is 0. The highest BCUT2D eigenvalue weighted by Crippen LogP contribution is 2.23. The number of halogens is 2. The van der Waals surface area contributed by atoms with Crippen LogP contribution >= 0.6 is 0 Å². The minimum atomic E-state index is -0.797. The van der Waals surface area contributed by atoms with Gasteiger partial charge >= 0.3 is 0 Å². The molecule has 0 aliphatic heterocycles. The van der Waals surface area contributed by atoms with Gasteiger partial charge in [0.15, 0.2) is 11.5 Å². The summed E-state index contributed by atoms with van der Waals surface area (Å²) in [5.74, 6) is -0.957. The van der Waals surface area contributed by atoms with Crippen molar-refractivity contribution < 1.29 is 8.78 Å². The van der Waals surface area contributed by atoms with Crippen LogP contribution in [0.25, 0.3) is 29.0 Å². The van der Waals surface area contributed by atoms with Crippen LogP contribution in [-0.2, 0) is 0 Å². The van der Waals surface area contributed by atoms with Crippen molar-refractivity contribution in [2.75, 3.05) is 11.1 Å². The smallest absolute Gasteiger partial charge is 0.265 e. The second-order valence-corrected chi connectivity index (χ2v) is 7.42. The van der Waals surface area contributed by atoms with E-state index in [1.54, 1.807) is 13.0 Å². The number of rotatable bonds is 4. The monoisotopic (exact) mass is 436 g/mol. The number of nitrogen functional groups attached to an aromatic ring is 1. The first-order chi connectivity index (χ1) is 15.4. The Morgan fingerprint density at radius 1 is 1.12 bits per heavy atom. The van der Waals surface area contributed by atoms with Gasteiger partial charge in [-0.2, -0.15) is 9.97 Å². The number of fused-ring (bicyclic) bond motifs is 2. The van der Waals surface area contributed by atoms with Gasteiger partial charge < -0.3 is 16.0 Å². The van der Waals surface area contributed by atoms with E-state index in [9.17, 15) is 13.6 Å². The third kappa shape index (κ3) is 3.37. The highest BCUT2D eigenvalue weighted by Gasteiger charge is 2.20. The zero-order chi connectivity index (χ0) is 22.4. The van der Waals surface area contributed by atoms with Gasteiger partial charge in [0.2, 0.25) is 5.95 Å². The van der Waals surface area contributed by atoms with Crippen LogP contribution in [0.3, 0.4) is 0 Å². The number of aromatic amines is 1. The topological polar surface area (TPSA) is 127 Å². The average Bonchev–Trinajstić information content (AvgIpc) is 3.21. The minimum absolute atomic E-state index is 0.0187. The van der Waals surface area contributed by atoms with Crippen LogP contribution < -0.4 is 27.2 Å². The van der Waals surface area contributed by atoms with Crippen LogP contribution in [0.1, 0.15) is 31.6 Å². The molecule has 3 heterocycles. The van der Waals surface area contributed by atoms with E-state index in [2.05, 4.69) is 30.2 Å². The van der Waals surface area contributed by atoms with E-state index in [1.165, 1.54) is 10.9 Å². The fraction of sp³-hybridized carbons (Fsp3) is 0.190. The number of benzene rings is 1. The second kappa shape index (κ2) is 7.52. The van der Waals surface area contributed by atoms with Crippen molar-refractivity contribution in [3.05, 3.63) is 62.9 Å². The quantitative estimate of drug-likeness (QED) is 0.440. The lowest BCUT2D eigenvalue weighted by molar-refractivity contribution is 0.579. The molecule has 1 aromatic carbocycles. The SMILES string of the molecule is CC(Nc1nc(N)nc2nc[nH]c12)c1nc2c(c(=O)n1-c1cc(F)cc(F)c1)=CCCC=2. The predicted molar refractivity (Wildman–Crippen MR) is 115 cm³/mol. The average molecular weight is 436 g/mol. The maximum absolute atomic E-state index is 14.0. The van der Waals surface area contributed by atoms with Crippen LogP contribution in [-0.4, -0.2) is 29.5 Å². The summed E-state index contributed by atoms with van der Waals surface area (Å²) in [4.78, 5) is 33.3. The van der Waals surface area contributed by atoms with Crippen molar-refractivity contribution in [2.45, 2.75) is 25.8 Å². The zero-order valence-electron chi connectivity index (χ0n) is 16.9. The van der Waals surface area contributed by atoms with E-state index in [4.69, 9.17) is 5.73 Å². The maximum Gasteiger partial charge on any atom is 0.265 e. The predicted octanol–water partition coefficient (Wildman–Crippen LogP) is 1.29. The number of H-pyrrole nitrogens is 1. The Morgan fingerprint density at radius 2 is 1.88 bits per heavy atom. The van der Waals surface area contributed by atoms with Crippen molar-refractivity contribution in [3.63, 3.8) is 0 Å². The summed E-state index contributed by atoms with van der Waals surface area (Å²) in [5.41, 5.74) is 6.32. The molecule has 32 heavy (non-hydrogen) atoms. The third-order valence-corrected chi connectivity index (χ3v) is 5.18. The molecule has 9 nitrogen and oxygen atoms in total. The van der Waals surface area contributed by atoms with Crippen LogP contribution in [0.15, 0.2) is 29.3 Å². The second-order valence-electron chi connectivity index (χ2n) is 7.42. The molecule has 1 atom stereocenters. The molecule has 0 fully saturated rings. The zero-order valence-corrected chi connectivity index (χ0v) is 16.9. The molecular formula is C21H18F2N8O. The summed E-state index contributed by atoms with van der Waals surface area (Å²) in [5, 5.41) is 4.10. The molecule has 1 aliphatic rings. The lowest BCUT2D eigenvalue weighted by Crippen LogP contribution is -2.49. The molecule has 1 unspecified atom stereocenters. The van der Waals surface area contributed by atoms with Crippen LogP contribution in [0.4, 0.5) is 20.5 Å². The number of nitrogens with zero attached hydrogens (tertiary/aromatic N) is 5. The van der Waals surface area contributed by atoms with Gasteiger partial charge in [-0.05, 0) is 31.9 Å². The molecule has 0 amide bonds. The van der Waals surface area contributed by atoms with Crippen molar-refractivity contribution in [3.8, 4) is 5.69 Å². The molecule has 0 saturated carbocycles. The van der Waals surface area contributed by atoms with E-state index < -0.39 is 23.2 Å². The largest absolute Gasteiger partial charge is 0.368 e. The highest BCUT2D eigenvalue weighted by molar-refractivity contribution is 5.83. The molecule has 0 saturated heterocycles. The molecular weight excluding hydrogens is 418 g/mol. The number of nitrogens with two attached hydrogens (primary N) is 1. The van der Waals surface area contributed by atoms with Gasteiger partial charge in [-0.1, -0.05) is 12.2 Å². The Kier molecular flexibility index (Phi) is 4.65. The Bertz CT molecular complexity index is 1520. The van der Waals surface area contributed by atoms with Crippen molar-refractivity contribution in [1.29, 1.82) is 0 Å².